The lowest BCUT2D eigenvalue weighted by Gasteiger charge is -2.24. The highest BCUT2D eigenvalue weighted by atomic mass is 35.5. The number of hydrogen-bond donors (Lipinski definition) is 0. The summed E-state index contributed by atoms with van der Waals surface area (Å²) in [4.78, 5) is 26.8. The van der Waals surface area contributed by atoms with E-state index in [0.717, 1.165) is 40.0 Å². The molecule has 0 saturated carbocycles. The van der Waals surface area contributed by atoms with Gasteiger partial charge in [-0.15, -0.1) is 0 Å². The predicted molar refractivity (Wildman–Crippen MR) is 99.0 cm³/mol. The van der Waals surface area contributed by atoms with Gasteiger partial charge >= 0.3 is 6.18 Å². The Morgan fingerprint density at radius 2 is 1.38 bits per heavy atom. The van der Waals surface area contributed by atoms with Crippen LogP contribution in [-0.2, 0) is 20.3 Å². The topological polar surface area (TPSA) is 73.0 Å². The van der Waals surface area contributed by atoms with E-state index in [1.54, 1.807) is 0 Å². The van der Waals surface area contributed by atoms with Gasteiger partial charge in [-0.05, 0) is 12.1 Å². The van der Waals surface area contributed by atoms with Crippen molar-refractivity contribution in [2.24, 2.45) is 14.1 Å². The molecule has 152 valence electrons. The molecule has 7 nitrogen and oxygen atoms in total. The zero-order valence-corrected chi connectivity index (χ0v) is 16.4. The van der Waals surface area contributed by atoms with Crippen LogP contribution in [0.1, 0.15) is 26.5 Å². The molecule has 0 atom stereocenters. The van der Waals surface area contributed by atoms with Crippen LogP contribution in [-0.4, -0.2) is 31.4 Å². The quantitative estimate of drug-likeness (QED) is 0.571. The lowest BCUT2D eigenvalue weighted by Crippen LogP contribution is -2.40. The van der Waals surface area contributed by atoms with Crippen molar-refractivity contribution in [1.29, 1.82) is 0 Å². The number of aromatic nitrogens is 4. The maximum Gasteiger partial charge on any atom is 0.418 e. The number of alkyl halides is 3. The van der Waals surface area contributed by atoms with Crippen LogP contribution in [0.2, 0.25) is 10.0 Å². The Labute approximate surface area is 172 Å². The Hall–Kier alpha value is -2.85. The van der Waals surface area contributed by atoms with Gasteiger partial charge in [-0.2, -0.15) is 23.4 Å². The van der Waals surface area contributed by atoms with Crippen LogP contribution in [0.15, 0.2) is 36.7 Å². The molecule has 0 aliphatic carbocycles. The molecule has 0 N–H and O–H groups in total. The summed E-state index contributed by atoms with van der Waals surface area (Å²) in [7, 11) is 2.74. The van der Waals surface area contributed by atoms with Crippen molar-refractivity contribution < 1.29 is 22.8 Å². The van der Waals surface area contributed by atoms with Gasteiger partial charge in [-0.25, -0.2) is 4.90 Å². The van der Waals surface area contributed by atoms with Gasteiger partial charge in [0.15, 0.2) is 0 Å². The van der Waals surface area contributed by atoms with E-state index >= 15 is 0 Å². The number of amides is 2. The van der Waals surface area contributed by atoms with Crippen LogP contribution in [0.4, 0.5) is 18.9 Å². The summed E-state index contributed by atoms with van der Waals surface area (Å²) >= 11 is 12.0. The van der Waals surface area contributed by atoms with Crippen LogP contribution in [0.3, 0.4) is 0 Å². The Bertz CT molecular complexity index is 1010. The highest BCUT2D eigenvalue weighted by Gasteiger charge is 2.40. The van der Waals surface area contributed by atoms with Crippen molar-refractivity contribution in [2.45, 2.75) is 6.18 Å². The van der Waals surface area contributed by atoms with Crippen molar-refractivity contribution in [1.82, 2.24) is 19.6 Å². The minimum Gasteiger partial charge on any atom is -0.266 e. The Morgan fingerprint density at radius 3 is 1.76 bits per heavy atom. The number of para-hydroxylation sites is 1. The molecule has 29 heavy (non-hydrogen) atoms. The van der Waals surface area contributed by atoms with Gasteiger partial charge in [0.25, 0.3) is 11.8 Å². The Balaban J connectivity index is 2.27. The molecule has 0 fully saturated rings. The summed E-state index contributed by atoms with van der Waals surface area (Å²) in [6.07, 6.45) is -2.55. The second kappa shape index (κ2) is 7.53. The second-order valence-electron chi connectivity index (χ2n) is 5.89. The van der Waals surface area contributed by atoms with Crippen LogP contribution in [0, 0.1) is 0 Å². The van der Waals surface area contributed by atoms with Gasteiger partial charge in [0.1, 0.15) is 11.4 Å². The molecule has 3 rings (SSSR count). The summed E-state index contributed by atoms with van der Waals surface area (Å²) in [5, 5.41) is 7.35. The van der Waals surface area contributed by atoms with E-state index < -0.39 is 29.2 Å². The van der Waals surface area contributed by atoms with E-state index in [9.17, 15) is 22.8 Å². The third-order valence-electron chi connectivity index (χ3n) is 4.05. The van der Waals surface area contributed by atoms with E-state index in [-0.39, 0.29) is 21.4 Å². The summed E-state index contributed by atoms with van der Waals surface area (Å²) in [6.45, 7) is 0. The zero-order valence-electron chi connectivity index (χ0n) is 14.9. The average molecular weight is 446 g/mol. The van der Waals surface area contributed by atoms with E-state index in [1.165, 1.54) is 20.2 Å². The van der Waals surface area contributed by atoms with Crippen molar-refractivity contribution in [3.63, 3.8) is 0 Å². The first-order chi connectivity index (χ1) is 13.5. The summed E-state index contributed by atoms with van der Waals surface area (Å²) in [5.41, 5.74) is -2.40. The van der Waals surface area contributed by atoms with Gasteiger partial charge in [0, 0.05) is 14.1 Å². The first kappa shape index (κ1) is 20.9. The van der Waals surface area contributed by atoms with Crippen molar-refractivity contribution in [3.05, 3.63) is 63.7 Å². The average Bonchev–Trinajstić information content (AvgIpc) is 3.15. The van der Waals surface area contributed by atoms with Crippen LogP contribution in [0.5, 0.6) is 0 Å². The maximum atomic E-state index is 13.6. The molecule has 1 aromatic carbocycles. The lowest BCUT2D eigenvalue weighted by atomic mass is 10.1. The molecule has 0 bridgehead atoms. The SMILES string of the molecule is Cn1ncc(Cl)c1C(=O)N(C(=O)c1c(Cl)cnn1C)c1ccccc1C(F)(F)F. The molecule has 2 heterocycles. The summed E-state index contributed by atoms with van der Waals surface area (Å²) in [6, 6.07) is 4.19. The summed E-state index contributed by atoms with van der Waals surface area (Å²) < 4.78 is 42.9. The lowest BCUT2D eigenvalue weighted by molar-refractivity contribution is -0.137. The number of imide groups is 1. The van der Waals surface area contributed by atoms with Crippen molar-refractivity contribution in [3.8, 4) is 0 Å². The molecule has 12 heteroatoms. The van der Waals surface area contributed by atoms with Gasteiger partial charge < -0.3 is 0 Å². The monoisotopic (exact) mass is 445 g/mol. The Morgan fingerprint density at radius 1 is 0.931 bits per heavy atom. The van der Waals surface area contributed by atoms with E-state index in [4.69, 9.17) is 23.2 Å². The molecule has 0 spiro atoms. The first-order valence-corrected chi connectivity index (χ1v) is 8.69. The van der Waals surface area contributed by atoms with Crippen LogP contribution in [0.25, 0.3) is 0 Å². The Kier molecular flexibility index (Phi) is 5.42. The van der Waals surface area contributed by atoms with Crippen molar-refractivity contribution >= 4 is 40.7 Å². The number of halogens is 5. The number of carbonyl (C=O) groups is 2. The molecule has 0 saturated heterocycles. The van der Waals surface area contributed by atoms with Crippen LogP contribution < -0.4 is 4.90 Å². The van der Waals surface area contributed by atoms with Gasteiger partial charge in [0.2, 0.25) is 0 Å². The van der Waals surface area contributed by atoms with Crippen molar-refractivity contribution in [2.75, 3.05) is 4.90 Å². The standard InChI is InChI=1S/C17H12Cl2F3N5O2/c1-25-13(10(18)7-23-25)15(28)27(16(29)14-11(19)8-24-26(14)2)12-6-4-3-5-9(12)17(20,21)22/h3-8H,1-2H3. The number of benzene rings is 1. The third kappa shape index (κ3) is 3.73. The normalized spacial score (nSPS) is 11.6. The molecular formula is C17H12Cl2F3N5O2. The second-order valence-corrected chi connectivity index (χ2v) is 6.70. The van der Waals surface area contributed by atoms with E-state index in [1.807, 2.05) is 0 Å². The smallest absolute Gasteiger partial charge is 0.266 e. The molecule has 0 aliphatic heterocycles. The summed E-state index contributed by atoms with van der Waals surface area (Å²) in [5.74, 6) is -2.21. The van der Waals surface area contributed by atoms with E-state index in [0.29, 0.717) is 4.90 Å². The molecule has 0 unspecified atom stereocenters. The number of aryl methyl sites for hydroxylation is 2. The molecule has 2 amide bonds. The number of rotatable bonds is 3. The zero-order chi connectivity index (χ0) is 21.5. The highest BCUT2D eigenvalue weighted by molar-refractivity contribution is 6.38. The fraction of sp³-hybridized carbons (Fsp3) is 0.176. The molecule has 0 radical (unpaired) electrons. The molecule has 3 aromatic rings. The predicted octanol–water partition coefficient (Wildman–Crippen LogP) is 3.97. The number of hydrogen-bond acceptors (Lipinski definition) is 4. The minimum atomic E-state index is -4.83. The highest BCUT2D eigenvalue weighted by Crippen LogP contribution is 2.38. The van der Waals surface area contributed by atoms with Crippen LogP contribution >= 0.6 is 23.2 Å². The van der Waals surface area contributed by atoms with E-state index in [2.05, 4.69) is 10.2 Å². The number of nitrogens with zero attached hydrogens (tertiary/aromatic N) is 5. The number of anilines is 1. The fourth-order valence-corrected chi connectivity index (χ4v) is 3.23. The first-order valence-electron chi connectivity index (χ1n) is 7.94. The van der Waals surface area contributed by atoms with Gasteiger partial charge in [0.05, 0.1) is 33.7 Å². The molecular weight excluding hydrogens is 434 g/mol. The van der Waals surface area contributed by atoms with Gasteiger partial charge in [-0.3, -0.25) is 19.0 Å². The third-order valence-corrected chi connectivity index (χ3v) is 4.60. The molecule has 2 aromatic heterocycles. The maximum absolute atomic E-state index is 13.6. The number of carbonyl (C=O) groups excluding carboxylic acids is 2. The largest absolute Gasteiger partial charge is 0.418 e. The van der Waals surface area contributed by atoms with Gasteiger partial charge in [-0.1, -0.05) is 35.3 Å². The minimum absolute atomic E-state index is 0.129. The fourth-order valence-electron chi connectivity index (χ4n) is 2.73. The molecule has 0 aliphatic rings.